The van der Waals surface area contributed by atoms with Gasteiger partial charge in [0.25, 0.3) is 15.9 Å². The van der Waals surface area contributed by atoms with Crippen LogP contribution in [0.4, 0.5) is 11.4 Å². The van der Waals surface area contributed by atoms with Crippen LogP contribution in [0.5, 0.6) is 0 Å². The lowest BCUT2D eigenvalue weighted by molar-refractivity contribution is 0.102. The number of amides is 1. The number of anilines is 2. The van der Waals surface area contributed by atoms with E-state index >= 15 is 0 Å². The summed E-state index contributed by atoms with van der Waals surface area (Å²) in [6.07, 6.45) is 1.05. The van der Waals surface area contributed by atoms with E-state index in [4.69, 9.17) is 11.6 Å². The maximum absolute atomic E-state index is 12.8. The van der Waals surface area contributed by atoms with E-state index in [9.17, 15) is 13.2 Å². The molecule has 1 aliphatic heterocycles. The molecule has 0 saturated heterocycles. The van der Waals surface area contributed by atoms with E-state index in [1.807, 2.05) is 24.3 Å². The number of halogens is 1. The van der Waals surface area contributed by atoms with Crippen molar-refractivity contribution in [3.05, 3.63) is 124 Å². The molecule has 4 aromatic carbocycles. The minimum absolute atomic E-state index is 0.0829. The van der Waals surface area contributed by atoms with Crippen molar-refractivity contribution < 1.29 is 13.2 Å². The van der Waals surface area contributed by atoms with Crippen LogP contribution in [0, 0.1) is 6.92 Å². The number of fused-ring (bicyclic) bond motifs is 1. The lowest BCUT2D eigenvalue weighted by Gasteiger charge is -2.28. The van der Waals surface area contributed by atoms with E-state index in [-0.39, 0.29) is 10.8 Å². The minimum Gasteiger partial charge on any atom is -0.322 e. The first kappa shape index (κ1) is 26.0. The molecule has 1 heterocycles. The van der Waals surface area contributed by atoms with Crippen molar-refractivity contribution in [2.24, 2.45) is 0 Å². The van der Waals surface area contributed by atoms with Crippen LogP contribution in [-0.4, -0.2) is 25.8 Å². The van der Waals surface area contributed by atoms with Crippen molar-refractivity contribution in [2.75, 3.05) is 16.6 Å². The van der Waals surface area contributed by atoms with Gasteiger partial charge in [0, 0.05) is 35.9 Å². The minimum atomic E-state index is -3.81. The molecule has 38 heavy (non-hydrogen) atoms. The number of hydrogen-bond donors (Lipinski definition) is 2. The molecule has 0 atom stereocenters. The molecule has 5 rings (SSSR count). The average Bonchev–Trinajstić information content (AvgIpc) is 2.92. The number of carbonyl (C=O) groups is 1. The van der Waals surface area contributed by atoms with Gasteiger partial charge in [0.05, 0.1) is 10.6 Å². The Hall–Kier alpha value is -3.65. The summed E-state index contributed by atoms with van der Waals surface area (Å²) in [7, 11) is -3.81. The Balaban J connectivity index is 1.19. The molecule has 0 spiro atoms. The Bertz CT molecular complexity index is 1570. The van der Waals surface area contributed by atoms with Crippen LogP contribution in [0.15, 0.2) is 95.9 Å². The van der Waals surface area contributed by atoms with Gasteiger partial charge in [0.2, 0.25) is 0 Å². The van der Waals surface area contributed by atoms with Crippen LogP contribution in [0.1, 0.15) is 32.6 Å². The van der Waals surface area contributed by atoms with Gasteiger partial charge >= 0.3 is 0 Å². The van der Waals surface area contributed by atoms with Crippen LogP contribution in [-0.2, 0) is 29.5 Å². The number of rotatable bonds is 7. The SMILES string of the molecule is Cc1c(Cl)cccc1NS(=O)(=O)c1ccc(NC(=O)c2ccc(CN3CCc4ccccc4C3)cc2)cc1. The van der Waals surface area contributed by atoms with Crippen LogP contribution in [0.3, 0.4) is 0 Å². The topological polar surface area (TPSA) is 78.5 Å². The highest BCUT2D eigenvalue weighted by atomic mass is 35.5. The lowest BCUT2D eigenvalue weighted by atomic mass is 9.99. The zero-order valence-corrected chi connectivity index (χ0v) is 22.5. The van der Waals surface area contributed by atoms with Gasteiger partial charge < -0.3 is 5.32 Å². The molecular weight excluding hydrogens is 518 g/mol. The van der Waals surface area contributed by atoms with Crippen molar-refractivity contribution in [2.45, 2.75) is 31.3 Å². The molecule has 0 fully saturated rings. The molecule has 0 bridgehead atoms. The normalized spacial score (nSPS) is 13.5. The standard InChI is InChI=1S/C30H28ClN3O3S/c1-21-28(31)7-4-8-29(21)33-38(36,37)27-15-13-26(14-16-27)32-30(35)24-11-9-22(10-12-24)19-34-18-17-23-5-2-3-6-25(23)20-34/h2-16,33H,17-20H2,1H3,(H,32,35). The van der Waals surface area contributed by atoms with Crippen molar-refractivity contribution in [3.8, 4) is 0 Å². The maximum Gasteiger partial charge on any atom is 0.261 e. The Morgan fingerprint density at radius 1 is 0.895 bits per heavy atom. The van der Waals surface area contributed by atoms with Gasteiger partial charge in [-0.05, 0) is 84.1 Å². The number of nitrogens with zero attached hydrogens (tertiary/aromatic N) is 1. The first-order valence-electron chi connectivity index (χ1n) is 12.4. The van der Waals surface area contributed by atoms with Crippen LogP contribution in [0.2, 0.25) is 5.02 Å². The average molecular weight is 546 g/mol. The highest BCUT2D eigenvalue weighted by Gasteiger charge is 2.18. The fraction of sp³-hybridized carbons (Fsp3) is 0.167. The number of hydrogen-bond acceptors (Lipinski definition) is 4. The zero-order valence-electron chi connectivity index (χ0n) is 20.9. The van der Waals surface area contributed by atoms with E-state index in [0.717, 1.165) is 31.6 Å². The second-order valence-corrected chi connectivity index (χ2v) is 11.5. The molecule has 1 amide bonds. The van der Waals surface area contributed by atoms with Crippen LogP contribution < -0.4 is 10.0 Å². The summed E-state index contributed by atoms with van der Waals surface area (Å²) in [6, 6.07) is 27.3. The van der Waals surface area contributed by atoms with E-state index in [2.05, 4.69) is 39.2 Å². The molecule has 0 unspecified atom stereocenters. The fourth-order valence-corrected chi connectivity index (χ4v) is 5.85. The van der Waals surface area contributed by atoms with Crippen molar-refractivity contribution >= 4 is 38.9 Å². The van der Waals surface area contributed by atoms with Gasteiger partial charge in [-0.1, -0.05) is 54.1 Å². The molecular formula is C30H28ClN3O3S. The highest BCUT2D eigenvalue weighted by molar-refractivity contribution is 7.92. The Labute approximate surface area is 228 Å². The molecule has 2 N–H and O–H groups in total. The monoisotopic (exact) mass is 545 g/mol. The summed E-state index contributed by atoms with van der Waals surface area (Å²) < 4.78 is 28.2. The molecule has 6 nitrogen and oxygen atoms in total. The largest absolute Gasteiger partial charge is 0.322 e. The summed E-state index contributed by atoms with van der Waals surface area (Å²) >= 11 is 6.10. The Kier molecular flexibility index (Phi) is 7.51. The second kappa shape index (κ2) is 11.0. The smallest absolute Gasteiger partial charge is 0.261 e. The third-order valence-corrected chi connectivity index (χ3v) is 8.56. The molecule has 4 aromatic rings. The molecule has 0 aliphatic carbocycles. The van der Waals surface area contributed by atoms with Gasteiger partial charge in [0.15, 0.2) is 0 Å². The van der Waals surface area contributed by atoms with E-state index < -0.39 is 10.0 Å². The summed E-state index contributed by atoms with van der Waals surface area (Å²) in [6.45, 7) is 4.52. The molecule has 1 aliphatic rings. The number of sulfonamides is 1. The van der Waals surface area contributed by atoms with Gasteiger partial charge in [-0.2, -0.15) is 0 Å². The van der Waals surface area contributed by atoms with Crippen LogP contribution >= 0.6 is 11.6 Å². The molecule has 0 aromatic heterocycles. The van der Waals surface area contributed by atoms with Gasteiger partial charge in [-0.3, -0.25) is 14.4 Å². The fourth-order valence-electron chi connectivity index (χ4n) is 4.55. The maximum atomic E-state index is 12.8. The number of nitrogens with one attached hydrogen (secondary N) is 2. The number of carbonyl (C=O) groups excluding carboxylic acids is 1. The Morgan fingerprint density at radius 2 is 1.61 bits per heavy atom. The van der Waals surface area contributed by atoms with Crippen LogP contribution in [0.25, 0.3) is 0 Å². The molecule has 0 radical (unpaired) electrons. The van der Waals surface area contributed by atoms with Gasteiger partial charge in [-0.25, -0.2) is 8.42 Å². The Morgan fingerprint density at radius 3 is 2.34 bits per heavy atom. The molecule has 0 saturated carbocycles. The summed E-state index contributed by atoms with van der Waals surface area (Å²) in [5.74, 6) is -0.258. The predicted octanol–water partition coefficient (Wildman–Crippen LogP) is 6.26. The lowest BCUT2D eigenvalue weighted by Crippen LogP contribution is -2.29. The van der Waals surface area contributed by atoms with Crippen molar-refractivity contribution in [1.82, 2.24) is 4.90 Å². The predicted molar refractivity (Wildman–Crippen MR) is 152 cm³/mol. The highest BCUT2D eigenvalue weighted by Crippen LogP contribution is 2.26. The van der Waals surface area contributed by atoms with Crippen molar-refractivity contribution in [1.29, 1.82) is 0 Å². The van der Waals surface area contributed by atoms with E-state index in [1.54, 1.807) is 37.3 Å². The summed E-state index contributed by atoms with van der Waals surface area (Å²) in [5.41, 5.74) is 6.06. The second-order valence-electron chi connectivity index (χ2n) is 9.42. The molecule has 8 heteroatoms. The first-order chi connectivity index (χ1) is 18.3. The number of benzene rings is 4. The quantitative estimate of drug-likeness (QED) is 0.287. The van der Waals surface area contributed by atoms with Gasteiger partial charge in [-0.15, -0.1) is 0 Å². The van der Waals surface area contributed by atoms with Crippen molar-refractivity contribution in [3.63, 3.8) is 0 Å². The van der Waals surface area contributed by atoms with E-state index in [1.165, 1.54) is 23.3 Å². The first-order valence-corrected chi connectivity index (χ1v) is 14.2. The third kappa shape index (κ3) is 5.91. The van der Waals surface area contributed by atoms with Gasteiger partial charge in [0.1, 0.15) is 0 Å². The third-order valence-electron chi connectivity index (χ3n) is 6.77. The van der Waals surface area contributed by atoms with E-state index in [0.29, 0.717) is 27.5 Å². The zero-order chi connectivity index (χ0) is 26.7. The summed E-state index contributed by atoms with van der Waals surface area (Å²) in [5, 5.41) is 3.31. The molecule has 194 valence electrons. The summed E-state index contributed by atoms with van der Waals surface area (Å²) in [4.78, 5) is 15.3.